The van der Waals surface area contributed by atoms with Gasteiger partial charge in [-0.15, -0.1) is 13.0 Å². The third-order valence-corrected chi connectivity index (χ3v) is 8.42. The predicted molar refractivity (Wildman–Crippen MR) is 200 cm³/mol. The van der Waals surface area contributed by atoms with Gasteiger partial charge in [0.05, 0.1) is 0 Å². The molecule has 281 valence electrons. The number of unbranched alkanes of at least 4 members (excludes halogenated alkanes) is 20. The van der Waals surface area contributed by atoms with Crippen LogP contribution in [0.15, 0.2) is 12.7 Å². The van der Waals surface area contributed by atoms with Crippen molar-refractivity contribution in [3.63, 3.8) is 0 Å². The number of carbonyl (C=O) groups excluding carboxylic acids is 2. The molecule has 5 nitrogen and oxygen atoms in total. The van der Waals surface area contributed by atoms with Crippen molar-refractivity contribution in [3.8, 4) is 0 Å². The quantitative estimate of drug-likeness (QED) is 0.0230. The van der Waals surface area contributed by atoms with Crippen molar-refractivity contribution < 1.29 is 38.5 Å². The number of hydrogen-bond donors (Lipinski definition) is 1. The molecule has 0 aromatic rings. The topological polar surface area (TPSA) is 64.6 Å². The first-order chi connectivity index (χ1) is 22.5. The molecule has 0 fully saturated rings. The normalized spacial score (nSPS) is 10.7. The van der Waals surface area contributed by atoms with E-state index in [4.69, 9.17) is 9.47 Å². The van der Waals surface area contributed by atoms with Crippen molar-refractivity contribution in [3.05, 3.63) is 19.3 Å². The smallest absolute Gasteiger partial charge is 0.637 e. The maximum atomic E-state index is 12.5. The summed E-state index contributed by atoms with van der Waals surface area (Å²) in [5.74, 6) is -0.0929. The monoisotopic (exact) mass is 753 g/mol. The molecule has 0 rings (SSSR count). The molecule has 0 heterocycles. The minimum absolute atomic E-state index is 0. The predicted octanol–water partition coefficient (Wildman–Crippen LogP) is 12.8. The van der Waals surface area contributed by atoms with Crippen molar-refractivity contribution in [1.29, 1.82) is 0 Å². The van der Waals surface area contributed by atoms with Crippen LogP contribution in [-0.2, 0) is 38.5 Å². The molecule has 0 aromatic heterocycles. The molecule has 0 saturated carbocycles. The molecule has 0 aliphatic heterocycles. The van der Waals surface area contributed by atoms with Crippen molar-refractivity contribution in [2.24, 2.45) is 0 Å². The van der Waals surface area contributed by atoms with E-state index in [0.717, 1.165) is 70.9 Å². The zero-order valence-electron chi connectivity index (χ0n) is 31.8. The second-order valence-electron chi connectivity index (χ2n) is 13.2. The fourth-order valence-electron chi connectivity index (χ4n) is 5.56. The number of esters is 2. The molecule has 0 aliphatic rings. The van der Waals surface area contributed by atoms with E-state index in [2.05, 4.69) is 32.7 Å². The van der Waals surface area contributed by atoms with Crippen LogP contribution in [0.5, 0.6) is 0 Å². The number of ether oxygens (including phenoxy) is 2. The molecule has 0 bridgehead atoms. The third kappa shape index (κ3) is 45.3. The van der Waals surface area contributed by atoms with Crippen molar-refractivity contribution in [1.82, 2.24) is 5.32 Å². The maximum absolute atomic E-state index is 12.5. The summed E-state index contributed by atoms with van der Waals surface area (Å²) in [7, 11) is 0. The average molecular weight is 752 g/mol. The molecule has 0 aliphatic carbocycles. The van der Waals surface area contributed by atoms with Crippen LogP contribution in [0.1, 0.15) is 214 Å². The number of nitrogens with one attached hydrogen (secondary N) is 1. The summed E-state index contributed by atoms with van der Waals surface area (Å²) in [6, 6.07) is 0. The first-order valence-electron chi connectivity index (χ1n) is 20.0. The molecule has 0 amide bonds. The average Bonchev–Trinajstić information content (AvgIpc) is 3.04. The fourth-order valence-corrected chi connectivity index (χ4v) is 5.56. The molecule has 0 spiro atoms. The Hall–Kier alpha value is -0.737. The Kier molecular flexibility index (Phi) is 48.8. The number of hydrogen-bond acceptors (Lipinski definition) is 5. The van der Waals surface area contributed by atoms with Gasteiger partial charge >= 0.3 is 25.4 Å². The molecule has 1 radical (unpaired) electrons. The van der Waals surface area contributed by atoms with Crippen molar-refractivity contribution in [2.45, 2.75) is 220 Å². The van der Waals surface area contributed by atoms with Gasteiger partial charge in [-0.2, -0.15) is 6.61 Å². The first-order valence-corrected chi connectivity index (χ1v) is 20.0. The Bertz CT molecular complexity index is 615. The van der Waals surface area contributed by atoms with Gasteiger partial charge in [0.1, 0.15) is 6.10 Å². The molecule has 0 saturated heterocycles. The zero-order chi connectivity index (χ0) is 34.2. The van der Waals surface area contributed by atoms with Gasteiger partial charge in [-0.25, -0.2) is 0 Å². The number of allylic oxidation sites excluding steroid dienone is 1. The van der Waals surface area contributed by atoms with Gasteiger partial charge in [0.15, 0.2) is 0 Å². The van der Waals surface area contributed by atoms with Crippen LogP contribution in [0.2, 0.25) is 0 Å². The van der Waals surface area contributed by atoms with E-state index in [0.29, 0.717) is 12.8 Å². The Morgan fingerprint density at radius 2 is 1.00 bits per heavy atom. The fraction of sp³-hybridized carbons (Fsp3) is 0.878. The molecular formula is C41H80NO4Ru. The summed E-state index contributed by atoms with van der Waals surface area (Å²) in [4.78, 5) is 24.4. The molecule has 6 heteroatoms. The van der Waals surface area contributed by atoms with E-state index >= 15 is 0 Å². The summed E-state index contributed by atoms with van der Waals surface area (Å²) in [5.41, 5.74) is 0. The van der Waals surface area contributed by atoms with Crippen LogP contribution in [-0.4, -0.2) is 31.1 Å². The van der Waals surface area contributed by atoms with E-state index in [1.165, 1.54) is 116 Å². The molecule has 1 N–H and O–H groups in total. The van der Waals surface area contributed by atoms with Gasteiger partial charge in [0.2, 0.25) is 0 Å². The minimum atomic E-state index is -0.109. The Labute approximate surface area is 307 Å². The van der Waals surface area contributed by atoms with Crippen LogP contribution in [0.3, 0.4) is 0 Å². The van der Waals surface area contributed by atoms with Crippen LogP contribution < -0.4 is 5.32 Å². The van der Waals surface area contributed by atoms with Gasteiger partial charge in [-0.3, -0.25) is 9.59 Å². The van der Waals surface area contributed by atoms with E-state index in [-0.39, 0.29) is 37.5 Å². The summed E-state index contributed by atoms with van der Waals surface area (Å²) < 4.78 is 11.2. The van der Waals surface area contributed by atoms with E-state index in [1.807, 2.05) is 6.92 Å². The number of rotatable bonds is 35. The first kappa shape index (κ1) is 50.6. The van der Waals surface area contributed by atoms with Gasteiger partial charge in [0, 0.05) is 12.8 Å². The van der Waals surface area contributed by atoms with Gasteiger partial charge in [-0.1, -0.05) is 149 Å². The maximum Gasteiger partial charge on any atom is 1.00 e. The Balaban J connectivity index is -0.00000464. The zero-order valence-corrected chi connectivity index (χ0v) is 33.6. The second kappa shape index (κ2) is 45.3. The largest absolute Gasteiger partial charge is 1.00 e. The van der Waals surface area contributed by atoms with Crippen molar-refractivity contribution in [2.75, 3.05) is 13.1 Å². The summed E-state index contributed by atoms with van der Waals surface area (Å²) in [5, 5.41) is 3.44. The van der Waals surface area contributed by atoms with Gasteiger partial charge in [-0.05, 0) is 65.0 Å². The molecule has 0 unspecified atom stereocenters. The Morgan fingerprint density at radius 3 is 1.53 bits per heavy atom. The molecule has 0 aromatic carbocycles. The third-order valence-electron chi connectivity index (χ3n) is 8.42. The summed E-state index contributed by atoms with van der Waals surface area (Å²) >= 11 is 0. The molecule has 0 atom stereocenters. The minimum Gasteiger partial charge on any atom is -0.637 e. The standard InChI is InChI=1S/C38H74NO4.C3H6.Ru/c1-4-7-10-13-16-22-27-35-42-37(40)32-28-34-39-33-26-21-17-20-25-31-38(41)43-36(29-23-18-14-11-8-5-2)30-24-19-15-12-9-6-3;1-3-2;/h35-36,39H,4-34H2,1-3H3;3H,1H2,2H3;/q-1;;+1. The van der Waals surface area contributed by atoms with Crippen LogP contribution in [0.4, 0.5) is 0 Å². The summed E-state index contributed by atoms with van der Waals surface area (Å²) in [6.07, 6.45) is 35.2. The van der Waals surface area contributed by atoms with E-state index < -0.39 is 0 Å². The molecule has 47 heavy (non-hydrogen) atoms. The van der Waals surface area contributed by atoms with Gasteiger partial charge in [0.25, 0.3) is 5.97 Å². The van der Waals surface area contributed by atoms with E-state index in [9.17, 15) is 9.59 Å². The SMILES string of the molecule is C=CC.CCCCCCCC[CH-]OC(=O)CCCNCCCCCCCC(=O)OC(CCCCCCCC)CCCCCCCC.[Ru+]. The van der Waals surface area contributed by atoms with Crippen molar-refractivity contribution >= 4 is 11.9 Å². The Morgan fingerprint density at radius 1 is 0.596 bits per heavy atom. The van der Waals surface area contributed by atoms with Gasteiger partial charge < -0.3 is 14.8 Å². The second-order valence-corrected chi connectivity index (χ2v) is 13.2. The number of carbonyl (C=O) groups is 2. The molecular weight excluding hydrogens is 672 g/mol. The van der Waals surface area contributed by atoms with E-state index in [1.54, 1.807) is 12.7 Å². The van der Waals surface area contributed by atoms with Crippen LogP contribution in [0.25, 0.3) is 0 Å². The van der Waals surface area contributed by atoms with Crippen LogP contribution in [0, 0.1) is 6.61 Å². The van der Waals surface area contributed by atoms with Crippen LogP contribution >= 0.6 is 0 Å². The summed E-state index contributed by atoms with van der Waals surface area (Å²) in [6.45, 7) is 15.5.